The molecule has 0 radical (unpaired) electrons. The van der Waals surface area contributed by atoms with Gasteiger partial charge in [0.05, 0.1) is 24.2 Å². The van der Waals surface area contributed by atoms with E-state index in [1.807, 2.05) is 6.92 Å². The van der Waals surface area contributed by atoms with Gasteiger partial charge in [0, 0.05) is 30.8 Å². The highest BCUT2D eigenvalue weighted by atomic mass is 16.6. The molecule has 0 aromatic heterocycles. The van der Waals surface area contributed by atoms with Gasteiger partial charge in [-0.3, -0.25) is 4.79 Å². The first-order chi connectivity index (χ1) is 14.1. The van der Waals surface area contributed by atoms with Crippen LogP contribution in [0.5, 0.6) is 0 Å². The summed E-state index contributed by atoms with van der Waals surface area (Å²) >= 11 is 0. The van der Waals surface area contributed by atoms with E-state index in [4.69, 9.17) is 14.2 Å². The van der Waals surface area contributed by atoms with Gasteiger partial charge in [-0.15, -0.1) is 0 Å². The molecule has 0 amide bonds. The van der Waals surface area contributed by atoms with Gasteiger partial charge in [0.25, 0.3) is 0 Å². The van der Waals surface area contributed by atoms with Crippen molar-refractivity contribution in [3.05, 3.63) is 47.6 Å². The molecule has 2 aliphatic carbocycles. The van der Waals surface area contributed by atoms with E-state index >= 15 is 0 Å². The summed E-state index contributed by atoms with van der Waals surface area (Å²) in [4.78, 5) is 36.1. The van der Waals surface area contributed by atoms with Gasteiger partial charge in [0.15, 0.2) is 0 Å². The Labute approximate surface area is 174 Å². The lowest BCUT2D eigenvalue weighted by molar-refractivity contribution is -0.149. The highest BCUT2D eigenvalue weighted by Gasteiger charge is 2.56. The van der Waals surface area contributed by atoms with Crippen LogP contribution in [0.2, 0.25) is 0 Å². The van der Waals surface area contributed by atoms with Gasteiger partial charge in [0.1, 0.15) is 18.8 Å². The van der Waals surface area contributed by atoms with Gasteiger partial charge >= 0.3 is 17.9 Å². The monoisotopic (exact) mass is 418 g/mol. The SMILES string of the molecule is C=C1C[C@@H](OC(=O)/C(=C/CO)COC(C)=O)[C@H]2C(=C)C(=O)O[C@@H]2[C@H]2C(C)=C[C@@H](O)[C@@H]12. The van der Waals surface area contributed by atoms with Crippen LogP contribution >= 0.6 is 0 Å². The van der Waals surface area contributed by atoms with E-state index in [0.29, 0.717) is 5.57 Å². The molecule has 30 heavy (non-hydrogen) atoms. The van der Waals surface area contributed by atoms with Crippen LogP contribution in [0, 0.1) is 17.8 Å². The summed E-state index contributed by atoms with van der Waals surface area (Å²) in [6.07, 6.45) is 0.935. The minimum Gasteiger partial charge on any atom is -0.461 e. The minimum atomic E-state index is -0.807. The maximum absolute atomic E-state index is 12.7. The third-order valence-electron chi connectivity index (χ3n) is 5.95. The summed E-state index contributed by atoms with van der Waals surface area (Å²) in [7, 11) is 0. The number of carbonyl (C=O) groups excluding carboxylic acids is 3. The van der Waals surface area contributed by atoms with Crippen LogP contribution in [0.15, 0.2) is 47.6 Å². The van der Waals surface area contributed by atoms with Gasteiger partial charge in [-0.25, -0.2) is 9.59 Å². The third kappa shape index (κ3) is 3.97. The highest BCUT2D eigenvalue weighted by molar-refractivity contribution is 5.92. The lowest BCUT2D eigenvalue weighted by Gasteiger charge is -2.29. The summed E-state index contributed by atoms with van der Waals surface area (Å²) in [6, 6.07) is 0. The Morgan fingerprint density at radius 1 is 1.30 bits per heavy atom. The predicted molar refractivity (Wildman–Crippen MR) is 105 cm³/mol. The van der Waals surface area contributed by atoms with E-state index in [9.17, 15) is 24.6 Å². The van der Waals surface area contributed by atoms with Crippen molar-refractivity contribution in [2.75, 3.05) is 13.2 Å². The van der Waals surface area contributed by atoms with Crippen LogP contribution < -0.4 is 0 Å². The molecule has 2 N–H and O–H groups in total. The van der Waals surface area contributed by atoms with Crippen LogP contribution in [0.3, 0.4) is 0 Å². The van der Waals surface area contributed by atoms with Crippen molar-refractivity contribution in [1.29, 1.82) is 0 Å². The molecule has 3 aliphatic rings. The molecule has 0 aromatic rings. The van der Waals surface area contributed by atoms with Crippen molar-refractivity contribution >= 4 is 17.9 Å². The Morgan fingerprint density at radius 2 is 2.00 bits per heavy atom. The molecule has 0 spiro atoms. The fourth-order valence-electron chi connectivity index (χ4n) is 4.62. The zero-order valence-electron chi connectivity index (χ0n) is 17.0. The summed E-state index contributed by atoms with van der Waals surface area (Å²) < 4.78 is 16.1. The predicted octanol–water partition coefficient (Wildman–Crippen LogP) is 0.991. The number of rotatable bonds is 5. The number of aliphatic hydroxyl groups is 2. The number of carbonyl (C=O) groups is 3. The van der Waals surface area contributed by atoms with Crippen LogP contribution in [0.1, 0.15) is 20.3 Å². The van der Waals surface area contributed by atoms with Crippen molar-refractivity contribution in [2.45, 2.75) is 38.6 Å². The average molecular weight is 418 g/mol. The van der Waals surface area contributed by atoms with Gasteiger partial charge < -0.3 is 24.4 Å². The Kier molecular flexibility index (Phi) is 6.28. The summed E-state index contributed by atoms with van der Waals surface area (Å²) in [5.74, 6) is -3.16. The molecule has 162 valence electrons. The summed E-state index contributed by atoms with van der Waals surface area (Å²) in [5, 5.41) is 19.7. The third-order valence-corrected chi connectivity index (χ3v) is 5.95. The smallest absolute Gasteiger partial charge is 0.337 e. The largest absolute Gasteiger partial charge is 0.461 e. The first-order valence-electron chi connectivity index (χ1n) is 9.73. The molecule has 6 atom stereocenters. The van der Waals surface area contributed by atoms with Crippen molar-refractivity contribution in [3.8, 4) is 0 Å². The van der Waals surface area contributed by atoms with Gasteiger partial charge in [0.2, 0.25) is 0 Å². The van der Waals surface area contributed by atoms with Crippen molar-refractivity contribution < 1.29 is 38.8 Å². The minimum absolute atomic E-state index is 0.0220. The van der Waals surface area contributed by atoms with E-state index in [1.54, 1.807) is 6.08 Å². The topological polar surface area (TPSA) is 119 Å². The van der Waals surface area contributed by atoms with Gasteiger partial charge in [-0.05, 0) is 13.0 Å². The number of hydrogen-bond donors (Lipinski definition) is 2. The zero-order chi connectivity index (χ0) is 22.2. The molecule has 0 aromatic carbocycles. The Morgan fingerprint density at radius 3 is 2.63 bits per heavy atom. The lowest BCUT2D eigenvalue weighted by atomic mass is 9.79. The van der Waals surface area contributed by atoms with Gasteiger partial charge in [-0.1, -0.05) is 30.4 Å². The van der Waals surface area contributed by atoms with Crippen LogP contribution in [-0.4, -0.2) is 59.6 Å². The first-order valence-corrected chi connectivity index (χ1v) is 9.73. The van der Waals surface area contributed by atoms with Crippen molar-refractivity contribution in [1.82, 2.24) is 0 Å². The van der Waals surface area contributed by atoms with Gasteiger partial charge in [-0.2, -0.15) is 0 Å². The van der Waals surface area contributed by atoms with Crippen LogP contribution in [0.4, 0.5) is 0 Å². The number of hydrogen-bond acceptors (Lipinski definition) is 8. The standard InChI is InChI=1S/C22H26O8/c1-10-7-15(25)17-11(2)8-16(19-12(3)21(26)30-20(19)18(10)17)29-22(27)14(5-6-23)9-28-13(4)24/h5,7,15-20,23,25H,2-3,6,8-9H2,1,4H3/b14-5+/t15-,16-,17-,18+,19-,20-/m1/s1. The van der Waals surface area contributed by atoms with E-state index in [0.717, 1.165) is 5.57 Å². The van der Waals surface area contributed by atoms with Crippen LogP contribution in [0.25, 0.3) is 0 Å². The second-order valence-electron chi connectivity index (χ2n) is 7.87. The first kappa shape index (κ1) is 22.0. The molecule has 0 unspecified atom stereocenters. The molecule has 1 heterocycles. The second kappa shape index (κ2) is 8.57. The molecule has 0 bridgehead atoms. The molecule has 1 saturated carbocycles. The number of ether oxygens (including phenoxy) is 3. The lowest BCUT2D eigenvalue weighted by Crippen LogP contribution is -2.37. The van der Waals surface area contributed by atoms with E-state index in [1.165, 1.54) is 13.0 Å². The highest BCUT2D eigenvalue weighted by Crippen LogP contribution is 2.51. The normalized spacial score (nSPS) is 33.3. The quantitative estimate of drug-likeness (QED) is 0.294. The summed E-state index contributed by atoms with van der Waals surface area (Å²) in [6.45, 7) is 10.2. The van der Waals surface area contributed by atoms with Crippen molar-refractivity contribution in [3.63, 3.8) is 0 Å². The van der Waals surface area contributed by atoms with E-state index in [-0.39, 0.29) is 36.0 Å². The maximum atomic E-state index is 12.7. The molecular weight excluding hydrogens is 392 g/mol. The fourth-order valence-corrected chi connectivity index (χ4v) is 4.62. The Balaban J connectivity index is 1.89. The maximum Gasteiger partial charge on any atom is 0.337 e. The van der Waals surface area contributed by atoms with Crippen LogP contribution in [-0.2, 0) is 28.6 Å². The molecular formula is C22H26O8. The number of esters is 3. The van der Waals surface area contributed by atoms with Crippen molar-refractivity contribution in [2.24, 2.45) is 17.8 Å². The number of fused-ring (bicyclic) bond motifs is 3. The average Bonchev–Trinajstić information content (AvgIpc) is 3.07. The Hall–Kier alpha value is -2.71. The number of aliphatic hydroxyl groups excluding tert-OH is 2. The molecule has 1 aliphatic heterocycles. The Bertz CT molecular complexity index is 851. The molecule has 2 fully saturated rings. The van der Waals surface area contributed by atoms with E-state index < -0.39 is 48.7 Å². The van der Waals surface area contributed by atoms with E-state index in [2.05, 4.69) is 13.2 Å². The molecule has 1 saturated heterocycles. The molecule has 3 rings (SSSR count). The molecule has 8 heteroatoms. The molecule has 8 nitrogen and oxygen atoms in total. The second-order valence-corrected chi connectivity index (χ2v) is 7.87. The fraction of sp³-hybridized carbons (Fsp3) is 0.500. The summed E-state index contributed by atoms with van der Waals surface area (Å²) in [5.41, 5.74) is 1.75. The zero-order valence-corrected chi connectivity index (χ0v) is 17.0.